The van der Waals surface area contributed by atoms with Gasteiger partial charge in [-0.15, -0.1) is 15.2 Å². The third-order valence-corrected chi connectivity index (χ3v) is 5.00. The summed E-state index contributed by atoms with van der Waals surface area (Å²) in [5.74, 6) is -3.68. The lowest BCUT2D eigenvalue weighted by molar-refractivity contribution is -0.131. The van der Waals surface area contributed by atoms with E-state index in [-0.39, 0.29) is 11.4 Å². The minimum atomic E-state index is -5.01. The van der Waals surface area contributed by atoms with Crippen LogP contribution in [-0.4, -0.2) is 59.0 Å². The molecule has 1 aromatic heterocycles. The number of benzene rings is 1. The van der Waals surface area contributed by atoms with Crippen LogP contribution in [-0.2, 0) is 19.7 Å². The maximum atomic E-state index is 12.1. The van der Waals surface area contributed by atoms with Gasteiger partial charge in [0.2, 0.25) is 29.8 Å². The number of nitrogens with zero attached hydrogens (tertiary/aromatic N) is 6. The molecule has 3 rings (SSSR count). The second-order valence-corrected chi connectivity index (χ2v) is 7.82. The van der Waals surface area contributed by atoms with E-state index in [1.807, 2.05) is 4.98 Å². The van der Waals surface area contributed by atoms with Crippen LogP contribution in [0.3, 0.4) is 0 Å². The van der Waals surface area contributed by atoms with E-state index in [1.165, 1.54) is 6.19 Å². The fraction of sp³-hybridized carbons (Fsp3) is 0.125. The molecule has 2 heterocycles. The highest BCUT2D eigenvalue weighted by molar-refractivity contribution is 7.86. The number of hydrogen-bond acceptors (Lipinski definition) is 14. The summed E-state index contributed by atoms with van der Waals surface area (Å²) in [4.78, 5) is 52.9. The Morgan fingerprint density at radius 3 is 2.25 bits per heavy atom. The zero-order chi connectivity index (χ0) is 26.6. The van der Waals surface area contributed by atoms with Crippen LogP contribution >= 0.6 is 0 Å². The molecule has 186 valence electrons. The second kappa shape index (κ2) is 9.91. The van der Waals surface area contributed by atoms with Crippen LogP contribution in [0.4, 0.5) is 17.1 Å². The van der Waals surface area contributed by atoms with E-state index in [2.05, 4.69) is 36.1 Å². The quantitative estimate of drug-likeness (QED) is 0.116. The molecule has 20 heteroatoms. The summed E-state index contributed by atoms with van der Waals surface area (Å²) in [6.45, 7) is 0. The van der Waals surface area contributed by atoms with Crippen molar-refractivity contribution in [2.45, 2.75) is 10.9 Å². The number of aromatic amines is 2. The van der Waals surface area contributed by atoms with E-state index >= 15 is 0 Å². The number of aromatic nitrogens is 2. The normalized spacial score (nSPS) is 16.0. The van der Waals surface area contributed by atoms with Gasteiger partial charge in [-0.25, -0.2) is 4.79 Å². The Balaban J connectivity index is 2.05. The van der Waals surface area contributed by atoms with Crippen LogP contribution in [0, 0.1) is 11.5 Å². The predicted molar refractivity (Wildman–Crippen MR) is 114 cm³/mol. The Morgan fingerprint density at radius 2 is 1.69 bits per heavy atom. The number of H-pyrrole nitrogens is 2. The number of amides is 2. The molecule has 2 amide bonds. The second-order valence-electron chi connectivity index (χ2n) is 6.43. The van der Waals surface area contributed by atoms with Crippen molar-refractivity contribution in [3.05, 3.63) is 33.0 Å². The summed E-state index contributed by atoms with van der Waals surface area (Å²) in [6, 6.07) is -0.196. The summed E-state index contributed by atoms with van der Waals surface area (Å²) in [5.41, 5.74) is -3.85. The van der Waals surface area contributed by atoms with Gasteiger partial charge in [0.05, 0.1) is 7.11 Å². The van der Waals surface area contributed by atoms with E-state index in [1.54, 1.807) is 4.98 Å². The standard InChI is InChI=1S/C16H12N10O9S/c1-35-7-2-6(24-26-9-11(27)19-15(18-4-17)20-12(9)28)8(36(32,33)34)3-5(7)23-25-10-13(29)21-16(31)22-14(10)30/h2-3,9H,1H3,(H,32,33,34)(H2,18,19,20,27,28)(H3,21,22,29,30,31). The molecule has 1 fully saturated rings. The monoisotopic (exact) mass is 520 g/mol. The topological polar surface area (TPSA) is 293 Å². The van der Waals surface area contributed by atoms with Gasteiger partial charge in [0.1, 0.15) is 22.0 Å². The zero-order valence-electron chi connectivity index (χ0n) is 17.6. The van der Waals surface area contributed by atoms with Crippen LogP contribution in [0.15, 0.2) is 52.1 Å². The number of nitrogens with one attached hydrogen (secondary N) is 4. The average Bonchev–Trinajstić information content (AvgIpc) is 2.77. The molecule has 36 heavy (non-hydrogen) atoms. The highest BCUT2D eigenvalue weighted by Gasteiger charge is 2.34. The van der Waals surface area contributed by atoms with Crippen molar-refractivity contribution in [2.75, 3.05) is 7.11 Å². The van der Waals surface area contributed by atoms with Crippen molar-refractivity contribution < 1.29 is 32.4 Å². The van der Waals surface area contributed by atoms with Crippen molar-refractivity contribution >= 4 is 45.0 Å². The number of aromatic hydroxyl groups is 1. The highest BCUT2D eigenvalue weighted by atomic mass is 32.2. The number of hydrogen-bond donors (Lipinski definition) is 6. The zero-order valence-corrected chi connectivity index (χ0v) is 18.4. The number of methoxy groups -OCH3 is 1. The Morgan fingerprint density at radius 1 is 1.03 bits per heavy atom. The molecular weight excluding hydrogens is 508 g/mol. The van der Waals surface area contributed by atoms with Crippen LogP contribution in [0.5, 0.6) is 11.6 Å². The largest absolute Gasteiger partial charge is 0.494 e. The molecule has 6 N–H and O–H groups in total. The number of rotatable bonds is 6. The van der Waals surface area contributed by atoms with Gasteiger partial charge in [-0.05, 0) is 6.07 Å². The summed E-state index contributed by atoms with van der Waals surface area (Å²) in [6.07, 6.45) is 1.35. The van der Waals surface area contributed by atoms with Crippen molar-refractivity contribution in [1.29, 1.82) is 5.26 Å². The van der Waals surface area contributed by atoms with Gasteiger partial charge < -0.3 is 9.84 Å². The van der Waals surface area contributed by atoms with Crippen LogP contribution < -0.4 is 26.6 Å². The first-order valence-corrected chi connectivity index (χ1v) is 10.5. The van der Waals surface area contributed by atoms with E-state index in [4.69, 9.17) is 10.00 Å². The maximum absolute atomic E-state index is 12.1. The predicted octanol–water partition coefficient (Wildman–Crippen LogP) is -1.03. The molecule has 0 atom stereocenters. The van der Waals surface area contributed by atoms with Gasteiger partial charge in [0.15, 0.2) is 0 Å². The molecule has 1 aliphatic heterocycles. The van der Waals surface area contributed by atoms with Crippen LogP contribution in [0.1, 0.15) is 0 Å². The first kappa shape index (κ1) is 25.3. The van der Waals surface area contributed by atoms with Crippen molar-refractivity contribution in [2.24, 2.45) is 25.4 Å². The molecule has 1 saturated heterocycles. The Hall–Kier alpha value is -5.29. The Kier molecular flexibility index (Phi) is 6.97. The third kappa shape index (κ3) is 5.43. The van der Waals surface area contributed by atoms with Gasteiger partial charge >= 0.3 is 5.69 Å². The number of guanidine groups is 1. The number of nitriles is 1. The summed E-state index contributed by atoms with van der Waals surface area (Å²) in [5, 5.41) is 36.4. The average molecular weight is 520 g/mol. The molecule has 0 aliphatic carbocycles. The smallest absolute Gasteiger partial charge is 0.328 e. The number of carbonyl (C=O) groups is 2. The lowest BCUT2D eigenvalue weighted by Crippen LogP contribution is -2.58. The summed E-state index contributed by atoms with van der Waals surface area (Å²) < 4.78 is 38.5. The fourth-order valence-corrected chi connectivity index (χ4v) is 3.21. The number of carbonyl (C=O) groups excluding carboxylic acids is 2. The first-order valence-electron chi connectivity index (χ1n) is 9.10. The molecule has 2 aromatic rings. The van der Waals surface area contributed by atoms with Crippen molar-refractivity contribution in [1.82, 2.24) is 20.6 Å². The first-order chi connectivity index (χ1) is 16.9. The minimum absolute atomic E-state index is 0.235. The number of azo groups is 2. The SMILES string of the molecule is COc1cc(N=NC2C(=O)NC(=NC#N)NC2=O)c(S(=O)(=O)O)cc1N=Nc1c(O)[nH]c(=O)[nH]c1=O. The molecule has 0 saturated carbocycles. The molecule has 1 aliphatic rings. The maximum Gasteiger partial charge on any atom is 0.328 e. The van der Waals surface area contributed by atoms with Gasteiger partial charge in [0, 0.05) is 6.07 Å². The number of aliphatic imine (C=N–C) groups is 1. The van der Waals surface area contributed by atoms with E-state index in [0.29, 0.717) is 6.07 Å². The van der Waals surface area contributed by atoms with E-state index < -0.39 is 67.3 Å². The lowest BCUT2D eigenvalue weighted by Gasteiger charge is -2.18. The summed E-state index contributed by atoms with van der Waals surface area (Å²) in [7, 11) is -3.88. The Bertz CT molecular complexity index is 1590. The number of ether oxygens (including phenoxy) is 1. The van der Waals surface area contributed by atoms with Gasteiger partial charge in [-0.3, -0.25) is 39.5 Å². The molecule has 0 bridgehead atoms. The highest BCUT2D eigenvalue weighted by Crippen LogP contribution is 2.38. The fourth-order valence-electron chi connectivity index (χ4n) is 2.58. The Labute approximate surface area is 198 Å². The lowest BCUT2D eigenvalue weighted by atomic mass is 10.2. The van der Waals surface area contributed by atoms with Crippen LogP contribution in [0.2, 0.25) is 0 Å². The molecular formula is C16H12N10O9S. The molecule has 1 aromatic carbocycles. The third-order valence-electron chi connectivity index (χ3n) is 4.12. The summed E-state index contributed by atoms with van der Waals surface area (Å²) >= 11 is 0. The van der Waals surface area contributed by atoms with E-state index in [0.717, 1.165) is 13.2 Å². The molecule has 0 unspecified atom stereocenters. The molecule has 19 nitrogen and oxygen atoms in total. The van der Waals surface area contributed by atoms with Gasteiger partial charge in [-0.1, -0.05) is 0 Å². The minimum Gasteiger partial charge on any atom is -0.494 e. The van der Waals surface area contributed by atoms with Gasteiger partial charge in [0.25, 0.3) is 27.5 Å². The molecule has 0 spiro atoms. The van der Waals surface area contributed by atoms with Crippen molar-refractivity contribution in [3.63, 3.8) is 0 Å². The van der Waals surface area contributed by atoms with Gasteiger partial charge in [-0.2, -0.15) is 23.9 Å². The molecule has 0 radical (unpaired) electrons. The van der Waals surface area contributed by atoms with Crippen molar-refractivity contribution in [3.8, 4) is 17.8 Å². The van der Waals surface area contributed by atoms with Crippen LogP contribution in [0.25, 0.3) is 0 Å². The van der Waals surface area contributed by atoms with E-state index in [9.17, 15) is 37.3 Å².